The lowest BCUT2D eigenvalue weighted by atomic mass is 9.81. The molecule has 134 valence electrons. The normalized spacial score (nSPS) is 19.7. The fraction of sp³-hybridized carbons (Fsp3) is 0.933. The molecule has 0 aromatic rings. The van der Waals surface area contributed by atoms with Gasteiger partial charge in [-0.3, -0.25) is 4.79 Å². The third-order valence-electron chi connectivity index (χ3n) is 4.39. The summed E-state index contributed by atoms with van der Waals surface area (Å²) in [7, 11) is -1.31. The van der Waals surface area contributed by atoms with Gasteiger partial charge in [-0.05, 0) is 38.0 Å². The lowest BCUT2D eigenvalue weighted by Gasteiger charge is -2.32. The van der Waals surface area contributed by atoms with E-state index in [9.17, 15) is 4.79 Å². The molecule has 0 bridgehead atoms. The van der Waals surface area contributed by atoms with E-state index in [-0.39, 0.29) is 18.7 Å². The van der Waals surface area contributed by atoms with Gasteiger partial charge in [0.15, 0.2) is 0 Å². The van der Waals surface area contributed by atoms with Crippen LogP contribution in [0.3, 0.4) is 0 Å². The van der Waals surface area contributed by atoms with Crippen LogP contribution in [0.25, 0.3) is 0 Å². The number of nitrogens with one attached hydrogen (secondary N) is 1. The minimum atomic E-state index is -1.31. The summed E-state index contributed by atoms with van der Waals surface area (Å²) in [4.78, 5) is 13.3. The number of aliphatic carboxylic acids is 1. The Morgan fingerprint density at radius 1 is 1.39 bits per heavy atom. The fourth-order valence-electron chi connectivity index (χ4n) is 3.29. The number of hydrogen-bond acceptors (Lipinski definition) is 6. The highest BCUT2D eigenvalue weighted by molar-refractivity contribution is 6.40. The minimum absolute atomic E-state index is 0.0152. The largest absolute Gasteiger partial charge is 0.481 e. The molecule has 1 aliphatic rings. The summed E-state index contributed by atoms with van der Waals surface area (Å²) < 4.78 is 0. The number of nitrogens with two attached hydrogens (primary N) is 1. The monoisotopic (exact) mass is 329 g/mol. The zero-order chi connectivity index (χ0) is 17.1. The van der Waals surface area contributed by atoms with Gasteiger partial charge < -0.3 is 31.1 Å². The first-order valence-corrected chi connectivity index (χ1v) is 8.75. The van der Waals surface area contributed by atoms with Gasteiger partial charge in [0.2, 0.25) is 0 Å². The Bertz CT molecular complexity index is 328. The van der Waals surface area contributed by atoms with E-state index in [0.717, 1.165) is 26.1 Å². The van der Waals surface area contributed by atoms with Crippen LogP contribution in [0.5, 0.6) is 0 Å². The molecule has 1 saturated heterocycles. The van der Waals surface area contributed by atoms with Gasteiger partial charge in [0, 0.05) is 38.6 Å². The second kappa shape index (κ2) is 11.8. The summed E-state index contributed by atoms with van der Waals surface area (Å²) >= 11 is 0. The molecule has 6 N–H and O–H groups in total. The van der Waals surface area contributed by atoms with Gasteiger partial charge in [-0.15, -0.1) is 0 Å². The molecule has 1 fully saturated rings. The van der Waals surface area contributed by atoms with Gasteiger partial charge in [0.1, 0.15) is 0 Å². The van der Waals surface area contributed by atoms with Crippen molar-refractivity contribution in [1.29, 1.82) is 0 Å². The first kappa shape index (κ1) is 20.4. The number of piperidine rings is 1. The summed E-state index contributed by atoms with van der Waals surface area (Å²) in [5.41, 5.74) is 5.71. The van der Waals surface area contributed by atoms with Crippen LogP contribution < -0.4 is 11.1 Å². The topological polar surface area (TPSA) is 119 Å². The maximum Gasteiger partial charge on any atom is 0.451 e. The highest BCUT2D eigenvalue weighted by atomic mass is 16.4. The highest BCUT2D eigenvalue weighted by Crippen LogP contribution is 2.17. The first-order chi connectivity index (χ1) is 11.0. The van der Waals surface area contributed by atoms with Crippen LogP contribution in [-0.4, -0.2) is 71.9 Å². The van der Waals surface area contributed by atoms with Crippen LogP contribution in [0.15, 0.2) is 0 Å². The van der Waals surface area contributed by atoms with E-state index in [1.165, 1.54) is 12.8 Å². The van der Waals surface area contributed by atoms with Crippen molar-refractivity contribution in [1.82, 2.24) is 10.2 Å². The van der Waals surface area contributed by atoms with Crippen molar-refractivity contribution < 1.29 is 19.9 Å². The Hall–Kier alpha value is -0.665. The number of nitrogens with zero attached hydrogens (tertiary/aromatic N) is 1. The molecule has 0 aromatic heterocycles. The summed E-state index contributed by atoms with van der Waals surface area (Å²) in [6.45, 7) is 3.96. The second-order valence-corrected chi connectivity index (χ2v) is 6.57. The van der Waals surface area contributed by atoms with Crippen LogP contribution in [-0.2, 0) is 4.79 Å². The average Bonchev–Trinajstić information content (AvgIpc) is 2.47. The molecule has 1 rings (SSSR count). The molecule has 0 aliphatic carbocycles. The Balaban J connectivity index is 2.49. The van der Waals surface area contributed by atoms with E-state index >= 15 is 0 Å². The molecule has 8 heteroatoms. The predicted octanol–water partition coefficient (Wildman–Crippen LogP) is -0.267. The van der Waals surface area contributed by atoms with Crippen LogP contribution in [0, 0.1) is 5.92 Å². The van der Waals surface area contributed by atoms with E-state index in [2.05, 4.69) is 10.2 Å². The fourth-order valence-corrected chi connectivity index (χ4v) is 3.29. The summed E-state index contributed by atoms with van der Waals surface area (Å²) in [5.74, 6) is -0.788. The van der Waals surface area contributed by atoms with Gasteiger partial charge in [0.25, 0.3) is 0 Å². The molecule has 0 radical (unpaired) electrons. The lowest BCUT2D eigenvalue weighted by molar-refractivity contribution is -0.138. The SMILES string of the molecule is NCCN(CC(CCCB(O)O)CC(=O)O)CC1CCCCN1. The van der Waals surface area contributed by atoms with E-state index in [1.54, 1.807) is 0 Å². The number of carboxylic acid groups (broad SMARTS) is 1. The third kappa shape index (κ3) is 9.93. The molecule has 2 atom stereocenters. The Labute approximate surface area is 139 Å². The van der Waals surface area contributed by atoms with Crippen LogP contribution in [0.1, 0.15) is 38.5 Å². The number of hydrogen-bond donors (Lipinski definition) is 5. The molecule has 23 heavy (non-hydrogen) atoms. The number of carbonyl (C=O) groups is 1. The van der Waals surface area contributed by atoms with E-state index in [4.69, 9.17) is 20.9 Å². The van der Waals surface area contributed by atoms with Crippen LogP contribution >= 0.6 is 0 Å². The third-order valence-corrected chi connectivity index (χ3v) is 4.39. The molecule has 0 amide bonds. The smallest absolute Gasteiger partial charge is 0.451 e. The molecule has 0 spiro atoms. The molecular formula is C15H32BN3O4. The van der Waals surface area contributed by atoms with Crippen LogP contribution in [0.2, 0.25) is 6.32 Å². The maximum atomic E-state index is 11.1. The summed E-state index contributed by atoms with van der Waals surface area (Å²) in [6, 6.07) is 0.458. The van der Waals surface area contributed by atoms with Gasteiger partial charge in [0.05, 0.1) is 0 Å². The second-order valence-electron chi connectivity index (χ2n) is 6.57. The van der Waals surface area contributed by atoms with Gasteiger partial charge in [-0.2, -0.15) is 0 Å². The average molecular weight is 329 g/mol. The van der Waals surface area contributed by atoms with Crippen molar-refractivity contribution in [3.8, 4) is 0 Å². The van der Waals surface area contributed by atoms with Crippen molar-refractivity contribution >= 4 is 13.1 Å². The zero-order valence-electron chi connectivity index (χ0n) is 14.0. The summed E-state index contributed by atoms with van der Waals surface area (Å²) in [5, 5.41) is 30.5. The van der Waals surface area contributed by atoms with Crippen molar-refractivity contribution in [3.05, 3.63) is 0 Å². The van der Waals surface area contributed by atoms with E-state index < -0.39 is 13.1 Å². The standard InChI is InChI=1S/C15H32BN3O4/c17-7-9-19(12-14-5-1-2-8-18-14)11-13(10-15(20)21)4-3-6-16(22)23/h13-14,18,22-23H,1-12,17H2,(H,20,21). The maximum absolute atomic E-state index is 11.1. The molecule has 0 aromatic carbocycles. The Morgan fingerprint density at radius 2 is 2.17 bits per heavy atom. The lowest BCUT2D eigenvalue weighted by Crippen LogP contribution is -2.46. The number of rotatable bonds is 12. The van der Waals surface area contributed by atoms with Crippen molar-refractivity contribution in [2.24, 2.45) is 11.7 Å². The number of carboxylic acids is 1. The highest BCUT2D eigenvalue weighted by Gasteiger charge is 2.21. The molecule has 2 unspecified atom stereocenters. The van der Waals surface area contributed by atoms with Gasteiger partial charge in [-0.25, -0.2) is 0 Å². The molecule has 7 nitrogen and oxygen atoms in total. The van der Waals surface area contributed by atoms with Gasteiger partial charge >= 0.3 is 13.1 Å². The van der Waals surface area contributed by atoms with E-state index in [0.29, 0.717) is 32.0 Å². The van der Waals surface area contributed by atoms with Crippen molar-refractivity contribution in [3.63, 3.8) is 0 Å². The molecule has 1 heterocycles. The van der Waals surface area contributed by atoms with E-state index in [1.807, 2.05) is 0 Å². The molecular weight excluding hydrogens is 297 g/mol. The zero-order valence-corrected chi connectivity index (χ0v) is 14.0. The molecule has 1 aliphatic heterocycles. The first-order valence-electron chi connectivity index (χ1n) is 8.75. The Morgan fingerprint density at radius 3 is 2.74 bits per heavy atom. The van der Waals surface area contributed by atoms with Crippen molar-refractivity contribution in [2.45, 2.75) is 50.9 Å². The predicted molar refractivity (Wildman–Crippen MR) is 91.1 cm³/mol. The quantitative estimate of drug-likeness (QED) is 0.313. The Kier molecular flexibility index (Phi) is 10.5. The van der Waals surface area contributed by atoms with Gasteiger partial charge in [-0.1, -0.05) is 12.8 Å². The summed E-state index contributed by atoms with van der Waals surface area (Å²) in [6.07, 6.45) is 5.32. The minimum Gasteiger partial charge on any atom is -0.481 e. The van der Waals surface area contributed by atoms with Crippen molar-refractivity contribution in [2.75, 3.05) is 32.7 Å². The molecule has 0 saturated carbocycles. The van der Waals surface area contributed by atoms with Crippen LogP contribution in [0.4, 0.5) is 0 Å².